The van der Waals surface area contributed by atoms with Crippen LogP contribution >= 0.6 is 0 Å². The van der Waals surface area contributed by atoms with Gasteiger partial charge in [-0.2, -0.15) is 0 Å². The number of imidazole rings is 1. The topological polar surface area (TPSA) is 57.5 Å². The van der Waals surface area contributed by atoms with Gasteiger partial charge in [-0.15, -0.1) is 0 Å². The van der Waals surface area contributed by atoms with Gasteiger partial charge in [0.05, 0.1) is 24.7 Å². The number of hydrogen-bond donors (Lipinski definition) is 1. The molecule has 0 saturated heterocycles. The predicted octanol–water partition coefficient (Wildman–Crippen LogP) is 3.59. The van der Waals surface area contributed by atoms with Crippen LogP contribution < -0.4 is 19.5 Å². The number of nitrogens with zero attached hydrogens (tertiary/aromatic N) is 2. The van der Waals surface area contributed by atoms with Crippen LogP contribution in [0.3, 0.4) is 0 Å². The smallest absolute Gasteiger partial charge is 0.161 e. The fourth-order valence-corrected chi connectivity index (χ4v) is 3.50. The number of methoxy groups -OCH3 is 1. The lowest BCUT2D eigenvalue weighted by atomic mass is 10.0. The minimum atomic E-state index is 0.218. The molecule has 27 heavy (non-hydrogen) atoms. The van der Waals surface area contributed by atoms with Crippen LogP contribution in [0.1, 0.15) is 30.8 Å². The van der Waals surface area contributed by atoms with E-state index in [2.05, 4.69) is 28.9 Å². The number of benzene rings is 2. The number of fused-ring (bicyclic) bond motifs is 2. The second kappa shape index (κ2) is 7.48. The first kappa shape index (κ1) is 17.7. The fourth-order valence-electron chi connectivity index (χ4n) is 3.50. The van der Waals surface area contributed by atoms with Crippen LogP contribution in [0.5, 0.6) is 17.2 Å². The van der Waals surface area contributed by atoms with E-state index in [1.807, 2.05) is 31.3 Å². The molecule has 4 rings (SSSR count). The molecule has 0 aliphatic carbocycles. The highest BCUT2D eigenvalue weighted by Gasteiger charge is 2.17. The van der Waals surface area contributed by atoms with Gasteiger partial charge in [-0.1, -0.05) is 13.0 Å². The molecule has 1 unspecified atom stereocenters. The maximum Gasteiger partial charge on any atom is 0.161 e. The van der Waals surface area contributed by atoms with Crippen LogP contribution in [-0.2, 0) is 13.6 Å². The van der Waals surface area contributed by atoms with Crippen LogP contribution in [0.2, 0.25) is 0 Å². The molecule has 6 heteroatoms. The summed E-state index contributed by atoms with van der Waals surface area (Å²) in [6.07, 6.45) is 0.970. The third kappa shape index (κ3) is 3.45. The number of hydrogen-bond acceptors (Lipinski definition) is 5. The zero-order valence-electron chi connectivity index (χ0n) is 16.0. The summed E-state index contributed by atoms with van der Waals surface area (Å²) in [5, 5.41) is 3.63. The van der Waals surface area contributed by atoms with E-state index in [0.29, 0.717) is 19.8 Å². The average Bonchev–Trinajstić information content (AvgIpc) is 3.03. The molecule has 0 spiro atoms. The summed E-state index contributed by atoms with van der Waals surface area (Å²) >= 11 is 0. The molecule has 0 bridgehead atoms. The van der Waals surface area contributed by atoms with Gasteiger partial charge >= 0.3 is 0 Å². The van der Waals surface area contributed by atoms with Crippen molar-refractivity contribution in [2.45, 2.75) is 25.9 Å². The Morgan fingerprint density at radius 1 is 1.15 bits per heavy atom. The van der Waals surface area contributed by atoms with Crippen LogP contribution in [0.4, 0.5) is 0 Å². The molecule has 1 aromatic heterocycles. The van der Waals surface area contributed by atoms with E-state index >= 15 is 0 Å². The van der Waals surface area contributed by atoms with E-state index in [1.165, 1.54) is 5.56 Å². The number of aryl methyl sites for hydroxylation is 1. The maximum atomic E-state index is 5.72. The van der Waals surface area contributed by atoms with Gasteiger partial charge in [0.25, 0.3) is 0 Å². The molecule has 3 aromatic rings. The molecule has 2 heterocycles. The molecule has 0 saturated carbocycles. The molecule has 142 valence electrons. The third-order valence-electron chi connectivity index (χ3n) is 5.06. The first-order valence-electron chi connectivity index (χ1n) is 9.32. The highest BCUT2D eigenvalue weighted by atomic mass is 16.6. The van der Waals surface area contributed by atoms with Gasteiger partial charge in [0.15, 0.2) is 11.5 Å². The molecule has 0 fully saturated rings. The number of ether oxygens (including phenoxy) is 3. The van der Waals surface area contributed by atoms with E-state index in [-0.39, 0.29) is 6.04 Å². The zero-order chi connectivity index (χ0) is 18.8. The Balaban J connectivity index is 1.53. The molecule has 1 atom stereocenters. The third-order valence-corrected chi connectivity index (χ3v) is 5.06. The Bertz CT molecular complexity index is 951. The second-order valence-electron chi connectivity index (χ2n) is 6.69. The Hall–Kier alpha value is -2.73. The highest BCUT2D eigenvalue weighted by molar-refractivity contribution is 5.77. The molecule has 1 aliphatic heterocycles. The molecule has 0 radical (unpaired) electrons. The maximum absolute atomic E-state index is 5.72. The van der Waals surface area contributed by atoms with Crippen molar-refractivity contribution in [3.63, 3.8) is 0 Å². The van der Waals surface area contributed by atoms with Crippen LogP contribution in [0.25, 0.3) is 11.0 Å². The summed E-state index contributed by atoms with van der Waals surface area (Å²) in [5.41, 5.74) is 3.24. The summed E-state index contributed by atoms with van der Waals surface area (Å²) in [4.78, 5) is 4.77. The lowest BCUT2D eigenvalue weighted by molar-refractivity contribution is 0.171. The van der Waals surface area contributed by atoms with Crippen LogP contribution in [0.15, 0.2) is 36.4 Å². The van der Waals surface area contributed by atoms with E-state index in [1.54, 1.807) is 7.11 Å². The fraction of sp³-hybridized carbons (Fsp3) is 0.381. The van der Waals surface area contributed by atoms with Crippen LogP contribution in [-0.4, -0.2) is 29.9 Å². The van der Waals surface area contributed by atoms with Crippen molar-refractivity contribution in [2.75, 3.05) is 20.3 Å². The minimum absolute atomic E-state index is 0.218. The van der Waals surface area contributed by atoms with Crippen molar-refractivity contribution < 1.29 is 14.2 Å². The largest absolute Gasteiger partial charge is 0.497 e. The Kier molecular flexibility index (Phi) is 4.90. The summed E-state index contributed by atoms with van der Waals surface area (Å²) < 4.78 is 18.8. The Morgan fingerprint density at radius 3 is 2.74 bits per heavy atom. The lowest BCUT2D eigenvalue weighted by Crippen LogP contribution is -2.22. The first-order valence-corrected chi connectivity index (χ1v) is 9.32. The van der Waals surface area contributed by atoms with Gasteiger partial charge in [-0.25, -0.2) is 4.98 Å². The van der Waals surface area contributed by atoms with Gasteiger partial charge < -0.3 is 24.1 Å². The molecule has 6 nitrogen and oxygen atoms in total. The van der Waals surface area contributed by atoms with E-state index in [0.717, 1.165) is 40.5 Å². The Labute approximate surface area is 159 Å². The normalized spacial score (nSPS) is 14.3. The second-order valence-corrected chi connectivity index (χ2v) is 6.69. The Morgan fingerprint density at radius 2 is 1.96 bits per heavy atom. The van der Waals surface area contributed by atoms with Gasteiger partial charge in [-0.3, -0.25) is 0 Å². The summed E-state index contributed by atoms with van der Waals surface area (Å²) in [7, 11) is 3.72. The average molecular weight is 367 g/mol. The van der Waals surface area contributed by atoms with Crippen molar-refractivity contribution >= 4 is 11.0 Å². The SMILES string of the molecule is CCC(NCc1nc2cc(OC)ccc2n1C)c1ccc2c(c1)OCCO2. The summed E-state index contributed by atoms with van der Waals surface area (Å²) in [6, 6.07) is 12.4. The lowest BCUT2D eigenvalue weighted by Gasteiger charge is -2.22. The molecule has 2 aromatic carbocycles. The monoisotopic (exact) mass is 367 g/mol. The number of aromatic nitrogens is 2. The predicted molar refractivity (Wildman–Crippen MR) is 105 cm³/mol. The van der Waals surface area contributed by atoms with E-state index in [4.69, 9.17) is 19.2 Å². The summed E-state index contributed by atoms with van der Waals surface area (Å²) in [5.74, 6) is 3.47. The summed E-state index contributed by atoms with van der Waals surface area (Å²) in [6.45, 7) is 4.07. The van der Waals surface area contributed by atoms with Gasteiger partial charge in [-0.05, 0) is 36.2 Å². The van der Waals surface area contributed by atoms with E-state index in [9.17, 15) is 0 Å². The number of rotatable bonds is 6. The molecule has 1 N–H and O–H groups in total. The highest BCUT2D eigenvalue weighted by Crippen LogP contribution is 2.33. The molecule has 1 aliphatic rings. The van der Waals surface area contributed by atoms with E-state index < -0.39 is 0 Å². The first-order chi connectivity index (χ1) is 13.2. The minimum Gasteiger partial charge on any atom is -0.497 e. The molecule has 0 amide bonds. The quantitative estimate of drug-likeness (QED) is 0.721. The van der Waals surface area contributed by atoms with Crippen molar-refractivity contribution in [1.82, 2.24) is 14.9 Å². The van der Waals surface area contributed by atoms with Crippen LogP contribution in [0, 0.1) is 0 Å². The van der Waals surface area contributed by atoms with Gasteiger partial charge in [0.2, 0.25) is 0 Å². The standard InChI is InChI=1S/C21H25N3O3/c1-4-16(14-5-8-19-20(11-14)27-10-9-26-19)22-13-21-23-17-12-15(25-3)6-7-18(17)24(21)2/h5-8,11-12,16,22H,4,9-10,13H2,1-3H3. The van der Waals surface area contributed by atoms with Gasteiger partial charge in [0.1, 0.15) is 24.8 Å². The molecular weight excluding hydrogens is 342 g/mol. The van der Waals surface area contributed by atoms with Crippen molar-refractivity contribution in [3.8, 4) is 17.2 Å². The number of nitrogens with one attached hydrogen (secondary N) is 1. The zero-order valence-corrected chi connectivity index (χ0v) is 16.0. The molecular formula is C21H25N3O3. The van der Waals surface area contributed by atoms with Crippen molar-refractivity contribution in [1.29, 1.82) is 0 Å². The van der Waals surface area contributed by atoms with Crippen molar-refractivity contribution in [3.05, 3.63) is 47.8 Å². The van der Waals surface area contributed by atoms with Gasteiger partial charge in [0, 0.05) is 19.2 Å². The van der Waals surface area contributed by atoms with Crippen molar-refractivity contribution in [2.24, 2.45) is 7.05 Å².